The lowest BCUT2D eigenvalue weighted by atomic mass is 9.79. The molecule has 1 rings (SSSR count). The number of alkyl halides is 3. The summed E-state index contributed by atoms with van der Waals surface area (Å²) in [6, 6.07) is 0. The summed E-state index contributed by atoms with van der Waals surface area (Å²) in [4.78, 5) is 1.32. The van der Waals surface area contributed by atoms with Gasteiger partial charge in [0.2, 0.25) is 0 Å². The van der Waals surface area contributed by atoms with Gasteiger partial charge in [-0.3, -0.25) is 4.10 Å². The molecule has 0 aromatic carbocycles. The number of rotatable bonds is 3. The zero-order valence-electron chi connectivity index (χ0n) is 8.31. The normalized spacial score (nSPS) is 17.0. The van der Waals surface area contributed by atoms with E-state index in [0.29, 0.717) is 6.54 Å². The van der Waals surface area contributed by atoms with E-state index in [1.165, 1.54) is 23.1 Å². The number of hydrogen-bond donors (Lipinski definition) is 0. The molecule has 16 heavy (non-hydrogen) atoms. The molecule has 0 atom stereocenters. The first-order valence-electron chi connectivity index (χ1n) is 4.38. The lowest BCUT2D eigenvalue weighted by Gasteiger charge is -2.25. The van der Waals surface area contributed by atoms with E-state index in [4.69, 9.17) is 0 Å². The van der Waals surface area contributed by atoms with Gasteiger partial charge < -0.3 is 4.81 Å². The van der Waals surface area contributed by atoms with Crippen molar-refractivity contribution >= 4 is 17.2 Å². The molecule has 0 aromatic rings. The van der Waals surface area contributed by atoms with Gasteiger partial charge in [-0.25, -0.2) is 0 Å². The largest absolute Gasteiger partial charge is 0.521 e. The Balaban J connectivity index is 2.82. The monoisotopic (exact) mass is 255 g/mol. The van der Waals surface area contributed by atoms with Gasteiger partial charge in [0, 0.05) is 6.54 Å². The van der Waals surface area contributed by atoms with E-state index in [-0.39, 0.29) is 0 Å². The van der Waals surface area contributed by atoms with E-state index in [0.717, 1.165) is 0 Å². The van der Waals surface area contributed by atoms with Crippen LogP contribution in [-0.4, -0.2) is 32.3 Å². The molecule has 0 saturated carbocycles. The summed E-state index contributed by atoms with van der Waals surface area (Å²) in [5.41, 5.74) is -5.40. The third-order valence-corrected chi connectivity index (χ3v) is 2.88. The highest BCUT2D eigenvalue weighted by molar-refractivity contribution is 7.88. The molecule has 1 aliphatic heterocycles. The molecule has 0 fully saturated rings. The summed E-state index contributed by atoms with van der Waals surface area (Å²) in [7, 11) is -6.82. The van der Waals surface area contributed by atoms with Crippen molar-refractivity contribution in [2.45, 2.75) is 12.4 Å². The summed E-state index contributed by atoms with van der Waals surface area (Å²) in [5, 5.41) is 0. The van der Waals surface area contributed by atoms with Crippen LogP contribution in [0.5, 0.6) is 0 Å². The molecule has 90 valence electrons. The standard InChI is InChI=1S/C7H9BF3NO3S/c1-2-12-6-4-3-5-8(12)15-16(13,14)7(9,10)11/h3-6H,2H2,1H3. The Morgan fingerprint density at radius 3 is 2.50 bits per heavy atom. The molecule has 1 heterocycles. The van der Waals surface area contributed by atoms with Gasteiger partial charge in [-0.15, -0.1) is 0 Å². The van der Waals surface area contributed by atoms with Crippen molar-refractivity contribution < 1.29 is 25.7 Å². The highest BCUT2D eigenvalue weighted by Crippen LogP contribution is 2.26. The molecule has 0 spiro atoms. The Bertz CT molecular complexity index is 404. The van der Waals surface area contributed by atoms with Gasteiger partial charge in [-0.05, 0) is 19.2 Å². The molecule has 0 amide bonds. The first-order valence-corrected chi connectivity index (χ1v) is 5.79. The van der Waals surface area contributed by atoms with Crippen LogP contribution in [0.1, 0.15) is 6.92 Å². The third kappa shape index (κ3) is 2.79. The summed E-state index contributed by atoms with van der Waals surface area (Å²) >= 11 is 0. The van der Waals surface area contributed by atoms with E-state index in [2.05, 4.69) is 4.10 Å². The third-order valence-electron chi connectivity index (χ3n) is 1.87. The second-order valence-electron chi connectivity index (χ2n) is 2.94. The Morgan fingerprint density at radius 2 is 2.00 bits per heavy atom. The van der Waals surface area contributed by atoms with Crippen LogP contribution < -0.4 is 0 Å². The van der Waals surface area contributed by atoms with Crippen molar-refractivity contribution in [1.29, 1.82) is 0 Å². The maximum absolute atomic E-state index is 12.0. The van der Waals surface area contributed by atoms with E-state index >= 15 is 0 Å². The van der Waals surface area contributed by atoms with Crippen molar-refractivity contribution in [3.8, 4) is 0 Å². The van der Waals surface area contributed by atoms with Crippen LogP contribution in [-0.2, 0) is 14.2 Å². The molecular weight excluding hydrogens is 246 g/mol. The van der Waals surface area contributed by atoms with Crippen molar-refractivity contribution in [1.82, 2.24) is 4.81 Å². The van der Waals surface area contributed by atoms with Gasteiger partial charge in [0.25, 0.3) is 0 Å². The van der Waals surface area contributed by atoms with E-state index in [1.54, 1.807) is 13.0 Å². The molecule has 0 N–H and O–H groups in total. The zero-order valence-corrected chi connectivity index (χ0v) is 9.12. The Hall–Kier alpha value is -0.955. The van der Waals surface area contributed by atoms with Crippen LogP contribution >= 0.6 is 0 Å². The molecule has 9 heteroatoms. The minimum atomic E-state index is -5.57. The van der Waals surface area contributed by atoms with Gasteiger partial charge in [0.15, 0.2) is 0 Å². The average Bonchev–Trinajstić information content (AvgIpc) is 2.16. The second kappa shape index (κ2) is 4.50. The minimum absolute atomic E-state index is 0.332. The summed E-state index contributed by atoms with van der Waals surface area (Å²) in [6.07, 6.45) is 4.45. The molecule has 0 bridgehead atoms. The van der Waals surface area contributed by atoms with Gasteiger partial charge in [0.05, 0.1) is 0 Å². The topological polar surface area (TPSA) is 46.6 Å². The second-order valence-corrected chi connectivity index (χ2v) is 4.51. The van der Waals surface area contributed by atoms with E-state index < -0.39 is 22.7 Å². The Labute approximate surface area is 91.6 Å². The lowest BCUT2D eigenvalue weighted by Crippen LogP contribution is -2.42. The van der Waals surface area contributed by atoms with Crippen LogP contribution in [0.2, 0.25) is 0 Å². The predicted octanol–water partition coefficient (Wildman–Crippen LogP) is 1.29. The Morgan fingerprint density at radius 1 is 1.38 bits per heavy atom. The highest BCUT2D eigenvalue weighted by Gasteiger charge is 2.49. The fraction of sp³-hybridized carbons (Fsp3) is 0.429. The van der Waals surface area contributed by atoms with Crippen LogP contribution in [0.15, 0.2) is 24.3 Å². The molecule has 0 aromatic heterocycles. The van der Waals surface area contributed by atoms with Gasteiger partial charge in [-0.1, -0.05) is 12.1 Å². The number of nitrogens with zero attached hydrogens (tertiary/aromatic N) is 1. The number of allylic oxidation sites excluding steroid dienone is 2. The minimum Gasteiger partial charge on any atom is -0.392 e. The fourth-order valence-corrected chi connectivity index (χ4v) is 1.62. The molecular formula is C7H9BF3NO3S. The molecule has 0 radical (unpaired) electrons. The van der Waals surface area contributed by atoms with Crippen molar-refractivity contribution in [3.63, 3.8) is 0 Å². The molecule has 1 aliphatic rings. The summed E-state index contributed by atoms with van der Waals surface area (Å²) in [5.74, 6) is 1.23. The van der Waals surface area contributed by atoms with Crippen molar-refractivity contribution in [2.75, 3.05) is 6.54 Å². The smallest absolute Gasteiger partial charge is 0.392 e. The zero-order chi connectivity index (χ0) is 12.4. The highest BCUT2D eigenvalue weighted by atomic mass is 32.2. The Kier molecular flexibility index (Phi) is 3.69. The van der Waals surface area contributed by atoms with Gasteiger partial charge in [-0.2, -0.15) is 21.6 Å². The van der Waals surface area contributed by atoms with Crippen LogP contribution in [0.4, 0.5) is 13.2 Å². The summed E-state index contributed by atoms with van der Waals surface area (Å²) in [6.45, 7) is 2.00. The molecule has 0 unspecified atom stereocenters. The first-order chi connectivity index (χ1) is 7.28. The molecule has 4 nitrogen and oxygen atoms in total. The van der Waals surface area contributed by atoms with Crippen molar-refractivity contribution in [2.24, 2.45) is 0 Å². The quantitative estimate of drug-likeness (QED) is 0.563. The first kappa shape index (κ1) is 13.1. The fourth-order valence-electron chi connectivity index (χ4n) is 1.07. The van der Waals surface area contributed by atoms with Gasteiger partial charge >= 0.3 is 22.7 Å². The van der Waals surface area contributed by atoms with Crippen LogP contribution in [0.25, 0.3) is 0 Å². The maximum Gasteiger partial charge on any atom is 0.521 e. The van der Waals surface area contributed by atoms with E-state index in [1.807, 2.05) is 0 Å². The summed E-state index contributed by atoms with van der Waals surface area (Å²) < 4.78 is 61.7. The number of halogens is 3. The van der Waals surface area contributed by atoms with E-state index in [9.17, 15) is 21.6 Å². The molecule has 0 saturated heterocycles. The lowest BCUT2D eigenvalue weighted by molar-refractivity contribution is -0.0503. The number of hydrogen-bond acceptors (Lipinski definition) is 4. The van der Waals surface area contributed by atoms with Crippen LogP contribution in [0.3, 0.4) is 0 Å². The maximum atomic E-state index is 12.0. The SMILES string of the molecule is CCN1C=CC=CB1OS(=O)(=O)C(F)(F)F. The van der Waals surface area contributed by atoms with Gasteiger partial charge in [0.1, 0.15) is 0 Å². The molecule has 0 aliphatic carbocycles. The predicted molar refractivity (Wildman–Crippen MR) is 52.5 cm³/mol. The average molecular weight is 255 g/mol. The van der Waals surface area contributed by atoms with Crippen molar-refractivity contribution in [3.05, 3.63) is 24.3 Å². The van der Waals surface area contributed by atoms with Crippen LogP contribution in [0, 0.1) is 0 Å².